The molecule has 1 saturated carbocycles. The first kappa shape index (κ1) is 10.0. The van der Waals surface area contributed by atoms with Crippen molar-refractivity contribution in [3.63, 3.8) is 0 Å². The molecule has 0 aromatic rings. The Kier molecular flexibility index (Phi) is 3.12. The fraction of sp³-hybridized carbons (Fsp3) is 0.833. The summed E-state index contributed by atoms with van der Waals surface area (Å²) in [6, 6.07) is 0.269. The Balaban J connectivity index is 1.88. The average molecular weight is 195 g/mol. The van der Waals surface area contributed by atoms with Crippen molar-refractivity contribution >= 4 is 0 Å². The largest absolute Gasteiger partial charge is 0.501 e. The first-order valence-electron chi connectivity index (χ1n) is 5.83. The number of rotatable bonds is 2. The van der Waals surface area contributed by atoms with E-state index < -0.39 is 0 Å². The average Bonchev–Trinajstić information content (AvgIpc) is 2.71. The molecular formula is C12H21NO. The summed E-state index contributed by atoms with van der Waals surface area (Å²) in [6.45, 7) is 3.19. The van der Waals surface area contributed by atoms with Crippen molar-refractivity contribution in [1.29, 1.82) is 0 Å². The molecule has 2 N–H and O–H groups in total. The Hall–Kier alpha value is -0.500. The Morgan fingerprint density at radius 1 is 1.36 bits per heavy atom. The molecule has 0 spiro atoms. The molecular weight excluding hydrogens is 174 g/mol. The molecule has 0 aromatic heterocycles. The molecule has 1 aliphatic carbocycles. The first-order chi connectivity index (χ1) is 6.77. The maximum atomic E-state index is 6.25. The van der Waals surface area contributed by atoms with Crippen molar-refractivity contribution in [2.75, 3.05) is 6.61 Å². The van der Waals surface area contributed by atoms with E-state index in [1.807, 2.05) is 6.26 Å². The highest BCUT2D eigenvalue weighted by Gasteiger charge is 2.27. The van der Waals surface area contributed by atoms with Crippen LogP contribution in [-0.2, 0) is 4.74 Å². The van der Waals surface area contributed by atoms with Crippen molar-refractivity contribution in [3.05, 3.63) is 11.8 Å². The highest BCUT2D eigenvalue weighted by molar-refractivity contribution is 5.12. The van der Waals surface area contributed by atoms with Crippen LogP contribution in [0.4, 0.5) is 0 Å². The highest BCUT2D eigenvalue weighted by atomic mass is 16.5. The normalized spacial score (nSPS) is 34.9. The van der Waals surface area contributed by atoms with Crippen LogP contribution in [0.15, 0.2) is 11.8 Å². The Labute approximate surface area is 86.5 Å². The lowest BCUT2D eigenvalue weighted by Gasteiger charge is -2.30. The predicted molar refractivity (Wildman–Crippen MR) is 57.7 cm³/mol. The second-order valence-corrected chi connectivity index (χ2v) is 4.86. The SMILES string of the molecule is CC1CCC(C(N)C2=COCC2)CC1. The van der Waals surface area contributed by atoms with Gasteiger partial charge in [-0.1, -0.05) is 19.8 Å². The van der Waals surface area contributed by atoms with E-state index in [1.54, 1.807) is 0 Å². The summed E-state index contributed by atoms with van der Waals surface area (Å²) >= 11 is 0. The lowest BCUT2D eigenvalue weighted by atomic mass is 9.77. The van der Waals surface area contributed by atoms with Crippen molar-refractivity contribution in [3.8, 4) is 0 Å². The summed E-state index contributed by atoms with van der Waals surface area (Å²) in [5, 5.41) is 0. The monoisotopic (exact) mass is 195 g/mol. The Bertz CT molecular complexity index is 216. The van der Waals surface area contributed by atoms with Crippen LogP contribution in [0, 0.1) is 11.8 Å². The zero-order valence-electron chi connectivity index (χ0n) is 9.04. The zero-order valence-corrected chi connectivity index (χ0v) is 9.04. The third-order valence-electron chi connectivity index (χ3n) is 3.74. The van der Waals surface area contributed by atoms with E-state index in [2.05, 4.69) is 6.92 Å². The third-order valence-corrected chi connectivity index (χ3v) is 3.74. The first-order valence-corrected chi connectivity index (χ1v) is 5.83. The van der Waals surface area contributed by atoms with Gasteiger partial charge in [0.1, 0.15) is 0 Å². The minimum Gasteiger partial charge on any atom is -0.501 e. The Morgan fingerprint density at radius 2 is 2.07 bits per heavy atom. The fourth-order valence-corrected chi connectivity index (χ4v) is 2.59. The summed E-state index contributed by atoms with van der Waals surface area (Å²) in [6.07, 6.45) is 8.26. The van der Waals surface area contributed by atoms with E-state index >= 15 is 0 Å². The number of hydrogen-bond donors (Lipinski definition) is 1. The molecule has 1 unspecified atom stereocenters. The van der Waals surface area contributed by atoms with Gasteiger partial charge >= 0.3 is 0 Å². The molecule has 2 aliphatic rings. The van der Waals surface area contributed by atoms with Gasteiger partial charge in [0, 0.05) is 12.5 Å². The molecule has 1 heterocycles. The van der Waals surface area contributed by atoms with Gasteiger partial charge in [-0.25, -0.2) is 0 Å². The molecule has 1 fully saturated rings. The summed E-state index contributed by atoms with van der Waals surface area (Å²) in [5.41, 5.74) is 7.59. The van der Waals surface area contributed by atoms with Gasteiger partial charge in [-0.3, -0.25) is 0 Å². The van der Waals surface area contributed by atoms with Gasteiger partial charge in [-0.15, -0.1) is 0 Å². The van der Waals surface area contributed by atoms with Gasteiger partial charge in [0.05, 0.1) is 12.9 Å². The van der Waals surface area contributed by atoms with Crippen LogP contribution in [0.1, 0.15) is 39.0 Å². The van der Waals surface area contributed by atoms with E-state index in [0.717, 1.165) is 18.9 Å². The summed E-state index contributed by atoms with van der Waals surface area (Å²) in [7, 11) is 0. The van der Waals surface area contributed by atoms with Gasteiger partial charge in [-0.2, -0.15) is 0 Å². The van der Waals surface area contributed by atoms with Crippen LogP contribution in [0.25, 0.3) is 0 Å². The lowest BCUT2D eigenvalue weighted by Crippen LogP contribution is -2.34. The highest BCUT2D eigenvalue weighted by Crippen LogP contribution is 2.33. The van der Waals surface area contributed by atoms with Crippen molar-refractivity contribution in [1.82, 2.24) is 0 Å². The molecule has 0 radical (unpaired) electrons. The zero-order chi connectivity index (χ0) is 9.97. The minimum absolute atomic E-state index is 0.269. The molecule has 2 heteroatoms. The number of nitrogens with two attached hydrogens (primary N) is 1. The van der Waals surface area contributed by atoms with Crippen LogP contribution in [0.3, 0.4) is 0 Å². The van der Waals surface area contributed by atoms with Gasteiger partial charge in [-0.05, 0) is 30.3 Å². The van der Waals surface area contributed by atoms with Crippen LogP contribution in [-0.4, -0.2) is 12.6 Å². The van der Waals surface area contributed by atoms with E-state index in [-0.39, 0.29) is 6.04 Å². The molecule has 14 heavy (non-hydrogen) atoms. The molecule has 2 nitrogen and oxygen atoms in total. The van der Waals surface area contributed by atoms with Gasteiger partial charge < -0.3 is 10.5 Å². The maximum Gasteiger partial charge on any atom is 0.0912 e. The van der Waals surface area contributed by atoms with Crippen molar-refractivity contribution in [2.24, 2.45) is 17.6 Å². The quantitative estimate of drug-likeness (QED) is 0.734. The van der Waals surface area contributed by atoms with Gasteiger partial charge in [0.25, 0.3) is 0 Å². The number of ether oxygens (including phenoxy) is 1. The fourth-order valence-electron chi connectivity index (χ4n) is 2.59. The maximum absolute atomic E-state index is 6.25. The predicted octanol–water partition coefficient (Wildman–Crippen LogP) is 2.44. The molecule has 80 valence electrons. The number of hydrogen-bond acceptors (Lipinski definition) is 2. The third kappa shape index (κ3) is 2.11. The summed E-state index contributed by atoms with van der Waals surface area (Å²) in [4.78, 5) is 0. The summed E-state index contributed by atoms with van der Waals surface area (Å²) < 4.78 is 5.25. The minimum atomic E-state index is 0.269. The standard InChI is InChI=1S/C12H21NO/c1-9-2-4-10(5-3-9)12(13)11-6-7-14-8-11/h8-10,12H,2-7,13H2,1H3. The van der Waals surface area contributed by atoms with Crippen LogP contribution in [0.5, 0.6) is 0 Å². The van der Waals surface area contributed by atoms with Gasteiger partial charge in [0.15, 0.2) is 0 Å². The molecule has 2 rings (SSSR count). The Morgan fingerprint density at radius 3 is 2.64 bits per heavy atom. The van der Waals surface area contributed by atoms with Crippen LogP contribution < -0.4 is 5.73 Å². The molecule has 0 amide bonds. The second-order valence-electron chi connectivity index (χ2n) is 4.86. The molecule has 1 aliphatic heterocycles. The van der Waals surface area contributed by atoms with Crippen molar-refractivity contribution < 1.29 is 4.74 Å². The van der Waals surface area contributed by atoms with E-state index in [9.17, 15) is 0 Å². The second kappa shape index (κ2) is 4.35. The van der Waals surface area contributed by atoms with Crippen LogP contribution >= 0.6 is 0 Å². The van der Waals surface area contributed by atoms with Gasteiger partial charge in [0.2, 0.25) is 0 Å². The molecule has 0 saturated heterocycles. The summed E-state index contributed by atoms with van der Waals surface area (Å²) in [5.74, 6) is 1.62. The van der Waals surface area contributed by atoms with E-state index in [4.69, 9.17) is 10.5 Å². The van der Waals surface area contributed by atoms with Crippen molar-refractivity contribution in [2.45, 2.75) is 45.1 Å². The molecule has 0 aromatic carbocycles. The lowest BCUT2D eigenvalue weighted by molar-refractivity contribution is 0.267. The topological polar surface area (TPSA) is 35.2 Å². The molecule has 1 atom stereocenters. The van der Waals surface area contributed by atoms with E-state index in [1.165, 1.54) is 31.3 Å². The van der Waals surface area contributed by atoms with E-state index in [0.29, 0.717) is 5.92 Å². The molecule has 0 bridgehead atoms. The van der Waals surface area contributed by atoms with Crippen LogP contribution in [0.2, 0.25) is 0 Å². The smallest absolute Gasteiger partial charge is 0.0912 e.